The molecule has 4 rings (SSSR count). The molecule has 12 heteroatoms. The number of halogens is 1. The van der Waals surface area contributed by atoms with Crippen molar-refractivity contribution in [1.82, 2.24) is 9.21 Å². The van der Waals surface area contributed by atoms with E-state index in [1.807, 2.05) is 0 Å². The van der Waals surface area contributed by atoms with E-state index < -0.39 is 14.9 Å². The van der Waals surface area contributed by atoms with E-state index in [1.165, 1.54) is 27.6 Å². The predicted molar refractivity (Wildman–Crippen MR) is 122 cm³/mol. The molecule has 1 aliphatic rings. The van der Waals surface area contributed by atoms with E-state index in [0.717, 1.165) is 17.8 Å². The van der Waals surface area contributed by atoms with Gasteiger partial charge in [0, 0.05) is 53.1 Å². The van der Waals surface area contributed by atoms with Gasteiger partial charge in [-0.1, -0.05) is 29.4 Å². The minimum atomic E-state index is -4.07. The summed E-state index contributed by atoms with van der Waals surface area (Å²) in [7, 11) is -4.07. The Morgan fingerprint density at radius 2 is 1.82 bits per heavy atom. The number of benzene rings is 2. The van der Waals surface area contributed by atoms with Gasteiger partial charge in [-0.25, -0.2) is 8.42 Å². The van der Waals surface area contributed by atoms with E-state index in [0.29, 0.717) is 14.8 Å². The molecular weight excluding hydrogens is 490 g/mol. The van der Waals surface area contributed by atoms with Gasteiger partial charge in [0.15, 0.2) is 5.76 Å². The monoisotopic (exact) mass is 507 g/mol. The van der Waals surface area contributed by atoms with Crippen LogP contribution in [0.3, 0.4) is 0 Å². The number of non-ortho nitro benzene ring substituents is 1. The van der Waals surface area contributed by atoms with Gasteiger partial charge in [0.25, 0.3) is 11.6 Å². The molecule has 0 unspecified atom stereocenters. The SMILES string of the molecule is O=C(c1ccco1)N1CCN(S(=O)(=O)c2cc([N+](=O)[O-])ccc2Sc2cccc(Cl)c2)CC1. The lowest BCUT2D eigenvalue weighted by atomic mass is 10.3. The lowest BCUT2D eigenvalue weighted by Gasteiger charge is -2.33. The van der Waals surface area contributed by atoms with E-state index in [4.69, 9.17) is 16.0 Å². The third-order valence-electron chi connectivity index (χ3n) is 5.04. The molecule has 0 N–H and O–H groups in total. The molecule has 0 bridgehead atoms. The third kappa shape index (κ3) is 5.06. The number of nitro groups is 1. The van der Waals surface area contributed by atoms with Gasteiger partial charge in [0.1, 0.15) is 4.90 Å². The van der Waals surface area contributed by atoms with Crippen LogP contribution < -0.4 is 0 Å². The van der Waals surface area contributed by atoms with E-state index in [2.05, 4.69) is 0 Å². The minimum Gasteiger partial charge on any atom is -0.459 e. The van der Waals surface area contributed by atoms with Crippen molar-refractivity contribution in [2.75, 3.05) is 26.2 Å². The van der Waals surface area contributed by atoms with Crippen molar-refractivity contribution in [3.63, 3.8) is 0 Å². The molecule has 0 aliphatic carbocycles. The van der Waals surface area contributed by atoms with Crippen molar-refractivity contribution in [3.8, 4) is 0 Å². The predicted octanol–water partition coefficient (Wildman–Crippen LogP) is 4.14. The van der Waals surface area contributed by atoms with Gasteiger partial charge < -0.3 is 9.32 Å². The van der Waals surface area contributed by atoms with E-state index >= 15 is 0 Å². The van der Waals surface area contributed by atoms with Crippen LogP contribution >= 0.6 is 23.4 Å². The summed E-state index contributed by atoms with van der Waals surface area (Å²) < 4.78 is 33.3. The highest BCUT2D eigenvalue weighted by molar-refractivity contribution is 8.00. The number of sulfonamides is 1. The van der Waals surface area contributed by atoms with Gasteiger partial charge in [-0.3, -0.25) is 14.9 Å². The molecule has 0 atom stereocenters. The number of nitrogens with zero attached hydrogens (tertiary/aromatic N) is 3. The number of carbonyl (C=O) groups is 1. The van der Waals surface area contributed by atoms with Crippen LogP contribution in [-0.2, 0) is 10.0 Å². The van der Waals surface area contributed by atoms with Crippen molar-refractivity contribution in [1.29, 1.82) is 0 Å². The van der Waals surface area contributed by atoms with Crippen LogP contribution in [0.4, 0.5) is 5.69 Å². The summed E-state index contributed by atoms with van der Waals surface area (Å²) in [6, 6.07) is 13.8. The molecule has 1 amide bonds. The highest BCUT2D eigenvalue weighted by Crippen LogP contribution is 2.37. The number of rotatable bonds is 6. The van der Waals surface area contributed by atoms with E-state index in [-0.39, 0.29) is 48.4 Å². The average molecular weight is 508 g/mol. The Kier molecular flexibility index (Phi) is 6.75. The maximum Gasteiger partial charge on any atom is 0.289 e. The molecule has 172 valence electrons. The topological polar surface area (TPSA) is 114 Å². The molecule has 1 saturated heterocycles. The molecule has 0 spiro atoms. The fraction of sp³-hybridized carbons (Fsp3) is 0.190. The van der Waals surface area contributed by atoms with Crippen LogP contribution in [0, 0.1) is 10.1 Å². The lowest BCUT2D eigenvalue weighted by molar-refractivity contribution is -0.385. The summed E-state index contributed by atoms with van der Waals surface area (Å²) in [5.41, 5.74) is -0.323. The number of furan rings is 1. The Labute approximate surface area is 199 Å². The quantitative estimate of drug-likeness (QED) is 0.364. The summed E-state index contributed by atoms with van der Waals surface area (Å²) in [6.45, 7) is 0.451. The molecule has 33 heavy (non-hydrogen) atoms. The first-order chi connectivity index (χ1) is 15.8. The van der Waals surface area contributed by atoms with Crippen LogP contribution in [0.25, 0.3) is 0 Å². The van der Waals surface area contributed by atoms with Gasteiger partial charge in [-0.05, 0) is 36.4 Å². The van der Waals surface area contributed by atoms with Crippen molar-refractivity contribution in [2.24, 2.45) is 0 Å². The molecule has 0 saturated carbocycles. The van der Waals surface area contributed by atoms with Crippen LogP contribution in [0.15, 0.2) is 80.0 Å². The van der Waals surface area contributed by atoms with Gasteiger partial charge >= 0.3 is 0 Å². The standard InChI is InChI=1S/C21H18ClN3O6S2/c22-15-3-1-4-17(13-15)32-19-7-6-16(25(27)28)14-20(19)33(29,30)24-10-8-23(9-11-24)21(26)18-5-2-12-31-18/h1-7,12-14H,8-11H2. The second-order valence-electron chi connectivity index (χ2n) is 7.12. The summed E-state index contributed by atoms with van der Waals surface area (Å²) in [5, 5.41) is 11.8. The smallest absolute Gasteiger partial charge is 0.289 e. The van der Waals surface area contributed by atoms with Gasteiger partial charge in [-0.15, -0.1) is 0 Å². The third-order valence-corrected chi connectivity index (χ3v) is 8.41. The highest BCUT2D eigenvalue weighted by atomic mass is 35.5. The Morgan fingerprint density at radius 3 is 2.45 bits per heavy atom. The van der Waals surface area contributed by atoms with Crippen molar-refractivity contribution >= 4 is 45.0 Å². The van der Waals surface area contributed by atoms with E-state index in [9.17, 15) is 23.3 Å². The molecule has 1 aromatic heterocycles. The largest absolute Gasteiger partial charge is 0.459 e. The van der Waals surface area contributed by atoms with Crippen LogP contribution in [0.5, 0.6) is 0 Å². The number of hydrogen-bond donors (Lipinski definition) is 0. The second kappa shape index (κ2) is 9.56. The normalized spacial score (nSPS) is 14.9. The Morgan fingerprint density at radius 1 is 1.06 bits per heavy atom. The first-order valence-electron chi connectivity index (χ1n) is 9.80. The van der Waals surface area contributed by atoms with Gasteiger partial charge in [0.05, 0.1) is 11.2 Å². The zero-order chi connectivity index (χ0) is 23.6. The molecule has 1 fully saturated rings. The minimum absolute atomic E-state index is 0.0543. The van der Waals surface area contributed by atoms with Gasteiger partial charge in [-0.2, -0.15) is 4.31 Å². The van der Waals surface area contributed by atoms with Crippen LogP contribution in [0.2, 0.25) is 5.02 Å². The molecule has 9 nitrogen and oxygen atoms in total. The zero-order valence-electron chi connectivity index (χ0n) is 17.1. The number of hydrogen-bond acceptors (Lipinski definition) is 7. The summed E-state index contributed by atoms with van der Waals surface area (Å²) in [4.78, 5) is 25.6. The van der Waals surface area contributed by atoms with Crippen molar-refractivity contribution in [3.05, 3.63) is 81.8 Å². The highest BCUT2D eigenvalue weighted by Gasteiger charge is 2.33. The van der Waals surface area contributed by atoms with Crippen LogP contribution in [-0.4, -0.2) is 54.6 Å². The molecule has 1 aliphatic heterocycles. The first-order valence-corrected chi connectivity index (χ1v) is 12.4. The Hall–Kier alpha value is -2.86. The summed E-state index contributed by atoms with van der Waals surface area (Å²) >= 11 is 7.19. The number of carbonyl (C=O) groups excluding carboxylic acids is 1. The fourth-order valence-electron chi connectivity index (χ4n) is 3.38. The number of amides is 1. The molecule has 0 radical (unpaired) electrons. The van der Waals surface area contributed by atoms with Crippen LogP contribution in [0.1, 0.15) is 10.6 Å². The lowest BCUT2D eigenvalue weighted by Crippen LogP contribution is -2.50. The summed E-state index contributed by atoms with van der Waals surface area (Å²) in [5.74, 6) is -0.130. The second-order valence-corrected chi connectivity index (χ2v) is 10.6. The van der Waals surface area contributed by atoms with Crippen molar-refractivity contribution < 1.29 is 22.6 Å². The van der Waals surface area contributed by atoms with E-state index in [1.54, 1.807) is 36.4 Å². The molecule has 2 aromatic carbocycles. The maximum absolute atomic E-state index is 13.5. The Balaban J connectivity index is 1.60. The molecule has 3 aromatic rings. The first kappa shape index (κ1) is 23.3. The molecular formula is C21H18ClN3O6S2. The number of piperazine rings is 1. The fourth-order valence-corrected chi connectivity index (χ4v) is 6.47. The number of nitro benzene ring substituents is 1. The molecule has 2 heterocycles. The Bertz CT molecular complexity index is 1290. The van der Waals surface area contributed by atoms with Crippen molar-refractivity contribution in [2.45, 2.75) is 14.7 Å². The summed E-state index contributed by atoms with van der Waals surface area (Å²) in [6.07, 6.45) is 1.40. The maximum atomic E-state index is 13.5. The zero-order valence-corrected chi connectivity index (χ0v) is 19.5. The average Bonchev–Trinajstić information content (AvgIpc) is 3.34. The van der Waals surface area contributed by atoms with Gasteiger partial charge in [0.2, 0.25) is 10.0 Å².